The van der Waals surface area contributed by atoms with Crippen molar-refractivity contribution in [3.63, 3.8) is 0 Å². The molecule has 1 aromatic carbocycles. The predicted octanol–water partition coefficient (Wildman–Crippen LogP) is 4.10. The molecule has 0 bridgehead atoms. The normalized spacial score (nSPS) is 15.5. The third-order valence-electron chi connectivity index (χ3n) is 6.18. The molecule has 7 heteroatoms. The van der Waals surface area contributed by atoms with Gasteiger partial charge in [0.15, 0.2) is 0 Å². The summed E-state index contributed by atoms with van der Waals surface area (Å²) in [6, 6.07) is 10.5. The SMILES string of the molecule is COc1ccc(C(c2c(O)cc(C)n(Cc3ccco3)c2=O)N2CCCCC2)c(OC)c1. The third kappa shape index (κ3) is 4.25. The fraction of sp³-hybridized carbons (Fsp3) is 0.400. The summed E-state index contributed by atoms with van der Waals surface area (Å²) in [5, 5.41) is 11.0. The van der Waals surface area contributed by atoms with Gasteiger partial charge in [-0.05, 0) is 63.2 Å². The molecule has 0 saturated carbocycles. The van der Waals surface area contributed by atoms with Gasteiger partial charge in [-0.3, -0.25) is 9.69 Å². The highest BCUT2D eigenvalue weighted by Crippen LogP contribution is 2.40. The van der Waals surface area contributed by atoms with Gasteiger partial charge < -0.3 is 23.6 Å². The van der Waals surface area contributed by atoms with Crippen LogP contribution in [0.4, 0.5) is 0 Å². The first kappa shape index (κ1) is 22.0. The van der Waals surface area contributed by atoms with Gasteiger partial charge in [-0.2, -0.15) is 0 Å². The standard InChI is InChI=1S/C25H30N2O5/c1-17-14-21(28)23(25(29)27(17)16-19-8-7-13-32-19)24(26-11-5-4-6-12-26)20-10-9-18(30-2)15-22(20)31-3/h7-10,13-15,24,28H,4-6,11-12,16H2,1-3H3. The molecule has 1 aliphatic rings. The van der Waals surface area contributed by atoms with Crippen LogP contribution < -0.4 is 15.0 Å². The first-order valence-electron chi connectivity index (χ1n) is 10.9. The van der Waals surface area contributed by atoms with Gasteiger partial charge in [-0.15, -0.1) is 0 Å². The Morgan fingerprint density at radius 2 is 1.88 bits per heavy atom. The fourth-order valence-electron chi connectivity index (χ4n) is 4.54. The Kier molecular flexibility index (Phi) is 6.55. The second kappa shape index (κ2) is 9.53. The van der Waals surface area contributed by atoms with Crippen LogP contribution in [0.2, 0.25) is 0 Å². The lowest BCUT2D eigenvalue weighted by Gasteiger charge is -2.36. The number of aromatic nitrogens is 1. The van der Waals surface area contributed by atoms with E-state index in [9.17, 15) is 9.90 Å². The second-order valence-electron chi connectivity index (χ2n) is 8.16. The van der Waals surface area contributed by atoms with E-state index in [1.165, 1.54) is 0 Å². The van der Waals surface area contributed by atoms with Crippen molar-refractivity contribution in [2.24, 2.45) is 0 Å². The van der Waals surface area contributed by atoms with E-state index in [1.54, 1.807) is 37.2 Å². The van der Waals surface area contributed by atoms with E-state index in [0.717, 1.165) is 37.9 Å². The zero-order chi connectivity index (χ0) is 22.7. The molecule has 3 heterocycles. The van der Waals surface area contributed by atoms with Crippen LogP contribution in [0.3, 0.4) is 0 Å². The highest BCUT2D eigenvalue weighted by molar-refractivity contribution is 5.49. The van der Waals surface area contributed by atoms with E-state index in [4.69, 9.17) is 13.9 Å². The van der Waals surface area contributed by atoms with Crippen molar-refractivity contribution < 1.29 is 19.0 Å². The van der Waals surface area contributed by atoms with Crippen LogP contribution >= 0.6 is 0 Å². The van der Waals surface area contributed by atoms with E-state index >= 15 is 0 Å². The minimum Gasteiger partial charge on any atom is -0.507 e. The molecule has 0 spiro atoms. The lowest BCUT2D eigenvalue weighted by molar-refractivity contribution is 0.180. The molecule has 170 valence electrons. The van der Waals surface area contributed by atoms with Crippen LogP contribution in [0.5, 0.6) is 17.2 Å². The molecule has 2 aromatic heterocycles. The number of aromatic hydroxyl groups is 1. The number of pyridine rings is 1. The van der Waals surface area contributed by atoms with Gasteiger partial charge in [0.05, 0.1) is 38.6 Å². The van der Waals surface area contributed by atoms with Crippen LogP contribution in [0.25, 0.3) is 0 Å². The zero-order valence-electron chi connectivity index (χ0n) is 18.8. The number of rotatable bonds is 7. The van der Waals surface area contributed by atoms with Crippen LogP contribution in [0.15, 0.2) is 51.9 Å². The maximum Gasteiger partial charge on any atom is 0.260 e. The molecule has 1 aliphatic heterocycles. The maximum absolute atomic E-state index is 13.8. The summed E-state index contributed by atoms with van der Waals surface area (Å²) in [6.07, 6.45) is 4.84. The number of nitrogens with zero attached hydrogens (tertiary/aromatic N) is 2. The summed E-state index contributed by atoms with van der Waals surface area (Å²) < 4.78 is 18.2. The predicted molar refractivity (Wildman–Crippen MR) is 122 cm³/mol. The van der Waals surface area contributed by atoms with Gasteiger partial charge in [-0.25, -0.2) is 0 Å². The monoisotopic (exact) mass is 438 g/mol. The smallest absolute Gasteiger partial charge is 0.260 e. The summed E-state index contributed by atoms with van der Waals surface area (Å²) in [6.45, 7) is 3.80. The molecule has 1 fully saturated rings. The molecular formula is C25H30N2O5. The van der Waals surface area contributed by atoms with E-state index in [2.05, 4.69) is 4.90 Å². The molecule has 1 N–H and O–H groups in total. The van der Waals surface area contributed by atoms with Crippen molar-refractivity contribution >= 4 is 0 Å². The third-order valence-corrected chi connectivity index (χ3v) is 6.18. The number of ether oxygens (including phenoxy) is 2. The molecular weight excluding hydrogens is 408 g/mol. The number of methoxy groups -OCH3 is 2. The van der Waals surface area contributed by atoms with E-state index in [0.29, 0.717) is 35.1 Å². The lowest BCUT2D eigenvalue weighted by atomic mass is 9.93. The Morgan fingerprint density at radius 3 is 2.53 bits per heavy atom. The van der Waals surface area contributed by atoms with Crippen molar-refractivity contribution in [1.82, 2.24) is 9.47 Å². The summed E-state index contributed by atoms with van der Waals surface area (Å²) in [4.78, 5) is 16.0. The number of hydrogen-bond acceptors (Lipinski definition) is 6. The average molecular weight is 439 g/mol. The van der Waals surface area contributed by atoms with Gasteiger partial charge in [-0.1, -0.05) is 6.42 Å². The van der Waals surface area contributed by atoms with Crippen molar-refractivity contribution in [2.75, 3.05) is 27.3 Å². The summed E-state index contributed by atoms with van der Waals surface area (Å²) in [5.41, 5.74) is 1.63. The quantitative estimate of drug-likeness (QED) is 0.599. The molecule has 1 unspecified atom stereocenters. The number of likely N-dealkylation sites (tertiary alicyclic amines) is 1. The Balaban J connectivity index is 1.89. The molecule has 7 nitrogen and oxygen atoms in total. The van der Waals surface area contributed by atoms with Crippen molar-refractivity contribution in [1.29, 1.82) is 0 Å². The Hall–Kier alpha value is -3.19. The fourth-order valence-corrected chi connectivity index (χ4v) is 4.54. The molecule has 0 aliphatic carbocycles. The molecule has 0 amide bonds. The van der Waals surface area contributed by atoms with Gasteiger partial charge in [0, 0.05) is 17.3 Å². The van der Waals surface area contributed by atoms with Crippen molar-refractivity contribution in [2.45, 2.75) is 38.8 Å². The largest absolute Gasteiger partial charge is 0.507 e. The first-order valence-corrected chi connectivity index (χ1v) is 10.9. The number of piperidine rings is 1. The average Bonchev–Trinajstić information content (AvgIpc) is 3.33. The minimum absolute atomic E-state index is 0.00311. The summed E-state index contributed by atoms with van der Waals surface area (Å²) in [5.74, 6) is 1.98. The van der Waals surface area contributed by atoms with Crippen LogP contribution in [0.1, 0.15) is 47.9 Å². The van der Waals surface area contributed by atoms with Crippen LogP contribution in [-0.4, -0.2) is 41.9 Å². The number of aryl methyl sites for hydroxylation is 1. The number of furan rings is 1. The van der Waals surface area contributed by atoms with Gasteiger partial charge >= 0.3 is 0 Å². The zero-order valence-corrected chi connectivity index (χ0v) is 18.8. The number of benzene rings is 1. The number of hydrogen-bond donors (Lipinski definition) is 1. The maximum atomic E-state index is 13.8. The lowest BCUT2D eigenvalue weighted by Crippen LogP contribution is -2.39. The van der Waals surface area contributed by atoms with E-state index < -0.39 is 6.04 Å². The van der Waals surface area contributed by atoms with Gasteiger partial charge in [0.2, 0.25) is 0 Å². The molecule has 1 atom stereocenters. The summed E-state index contributed by atoms with van der Waals surface area (Å²) >= 11 is 0. The molecule has 3 aromatic rings. The van der Waals surface area contributed by atoms with Gasteiger partial charge in [0.25, 0.3) is 5.56 Å². The van der Waals surface area contributed by atoms with Crippen molar-refractivity contribution in [3.8, 4) is 17.2 Å². The molecule has 1 saturated heterocycles. The van der Waals surface area contributed by atoms with Crippen molar-refractivity contribution in [3.05, 3.63) is 75.6 Å². The highest BCUT2D eigenvalue weighted by Gasteiger charge is 2.32. The van der Waals surface area contributed by atoms with E-state index in [1.807, 2.05) is 31.2 Å². The van der Waals surface area contributed by atoms with E-state index in [-0.39, 0.29) is 11.3 Å². The molecule has 0 radical (unpaired) electrons. The molecule has 32 heavy (non-hydrogen) atoms. The van der Waals surface area contributed by atoms with Gasteiger partial charge in [0.1, 0.15) is 23.0 Å². The first-order chi connectivity index (χ1) is 15.5. The minimum atomic E-state index is -0.438. The Bertz CT molecular complexity index is 1110. The topological polar surface area (TPSA) is 77.1 Å². The van der Waals surface area contributed by atoms with Crippen LogP contribution in [0, 0.1) is 6.92 Å². The second-order valence-corrected chi connectivity index (χ2v) is 8.16. The Morgan fingerprint density at radius 1 is 1.09 bits per heavy atom. The van der Waals surface area contributed by atoms with Crippen LogP contribution in [-0.2, 0) is 6.54 Å². The summed E-state index contributed by atoms with van der Waals surface area (Å²) in [7, 11) is 3.21. The highest BCUT2D eigenvalue weighted by atomic mass is 16.5. The Labute approximate surface area is 187 Å². The molecule has 4 rings (SSSR count).